The van der Waals surface area contributed by atoms with Crippen molar-refractivity contribution in [2.75, 3.05) is 5.43 Å². The minimum atomic E-state index is 0.511. The SMILES string of the molecule is CCCc1cc(CCC)nc(NN=C(C)c2ccccc2C(C)CC)n1. The van der Waals surface area contributed by atoms with Gasteiger partial charge in [-0.05, 0) is 43.7 Å². The topological polar surface area (TPSA) is 50.2 Å². The summed E-state index contributed by atoms with van der Waals surface area (Å²) in [4.78, 5) is 9.23. The fourth-order valence-corrected chi connectivity index (χ4v) is 3.04. The van der Waals surface area contributed by atoms with Gasteiger partial charge in [0.05, 0.1) is 5.71 Å². The average molecular weight is 353 g/mol. The number of hydrogen-bond acceptors (Lipinski definition) is 4. The highest BCUT2D eigenvalue weighted by molar-refractivity contribution is 6.00. The lowest BCUT2D eigenvalue weighted by Gasteiger charge is -2.14. The molecule has 0 fully saturated rings. The lowest BCUT2D eigenvalue weighted by molar-refractivity contribution is 0.732. The van der Waals surface area contributed by atoms with E-state index in [2.05, 4.69) is 78.5 Å². The fourth-order valence-electron chi connectivity index (χ4n) is 3.04. The van der Waals surface area contributed by atoms with Crippen LogP contribution >= 0.6 is 0 Å². The van der Waals surface area contributed by atoms with Crippen LogP contribution in [0.15, 0.2) is 35.4 Å². The average Bonchev–Trinajstić information content (AvgIpc) is 2.66. The van der Waals surface area contributed by atoms with Crippen LogP contribution in [-0.2, 0) is 12.8 Å². The largest absolute Gasteiger partial charge is 0.245 e. The molecule has 1 aromatic heterocycles. The molecule has 2 aromatic rings. The summed E-state index contributed by atoms with van der Waals surface area (Å²) in [6, 6.07) is 10.6. The first-order valence-corrected chi connectivity index (χ1v) is 9.85. The zero-order valence-corrected chi connectivity index (χ0v) is 16.8. The van der Waals surface area contributed by atoms with Crippen LogP contribution in [0.1, 0.15) is 82.3 Å². The second-order valence-corrected chi connectivity index (χ2v) is 6.88. The summed E-state index contributed by atoms with van der Waals surface area (Å²) in [6.07, 6.45) is 5.19. The van der Waals surface area contributed by atoms with Crippen LogP contribution in [0.2, 0.25) is 0 Å². The quantitative estimate of drug-likeness (QED) is 0.463. The Balaban J connectivity index is 2.26. The summed E-state index contributed by atoms with van der Waals surface area (Å²) in [6.45, 7) is 10.9. The summed E-state index contributed by atoms with van der Waals surface area (Å²) >= 11 is 0. The Bertz CT molecular complexity index is 712. The van der Waals surface area contributed by atoms with Crippen molar-refractivity contribution in [2.24, 2.45) is 5.10 Å². The van der Waals surface area contributed by atoms with E-state index < -0.39 is 0 Å². The highest BCUT2D eigenvalue weighted by Gasteiger charge is 2.11. The molecule has 26 heavy (non-hydrogen) atoms. The van der Waals surface area contributed by atoms with Gasteiger partial charge in [-0.15, -0.1) is 0 Å². The summed E-state index contributed by atoms with van der Waals surface area (Å²) in [5, 5.41) is 4.59. The third-order valence-electron chi connectivity index (χ3n) is 4.66. The molecule has 4 nitrogen and oxygen atoms in total. The number of benzene rings is 1. The zero-order chi connectivity index (χ0) is 18.9. The lowest BCUT2D eigenvalue weighted by atomic mass is 9.92. The lowest BCUT2D eigenvalue weighted by Crippen LogP contribution is -2.08. The van der Waals surface area contributed by atoms with Crippen LogP contribution in [0.4, 0.5) is 5.95 Å². The fraction of sp³-hybridized carbons (Fsp3) is 0.500. The Morgan fingerprint density at radius 3 is 2.23 bits per heavy atom. The Labute approximate surface area is 158 Å². The molecule has 0 bridgehead atoms. The second-order valence-electron chi connectivity index (χ2n) is 6.88. The zero-order valence-electron chi connectivity index (χ0n) is 16.8. The molecular formula is C22H32N4. The molecule has 0 aliphatic rings. The Kier molecular flexibility index (Phi) is 7.76. The molecule has 4 heteroatoms. The first-order chi connectivity index (χ1) is 12.6. The molecule has 1 unspecified atom stereocenters. The molecule has 140 valence electrons. The molecule has 0 amide bonds. The van der Waals surface area contributed by atoms with E-state index >= 15 is 0 Å². The van der Waals surface area contributed by atoms with Crippen LogP contribution in [0.3, 0.4) is 0 Å². The number of aromatic nitrogens is 2. The Hall–Kier alpha value is -2.23. The molecule has 1 N–H and O–H groups in total. The van der Waals surface area contributed by atoms with Gasteiger partial charge in [-0.1, -0.05) is 64.8 Å². The standard InChI is InChI=1S/C22H32N4/c1-6-11-18-15-19(12-7-2)24-22(23-18)26-25-17(5)21-14-10-9-13-20(21)16(4)8-3/h9-10,13-16H,6-8,11-12H2,1-5H3,(H,23,24,26). The van der Waals surface area contributed by atoms with Gasteiger partial charge in [-0.25, -0.2) is 15.4 Å². The Morgan fingerprint density at radius 1 is 1.04 bits per heavy atom. The van der Waals surface area contributed by atoms with E-state index in [1.807, 2.05) is 6.92 Å². The molecular weight excluding hydrogens is 320 g/mol. The number of aryl methyl sites for hydroxylation is 2. The van der Waals surface area contributed by atoms with Gasteiger partial charge in [0.15, 0.2) is 0 Å². The van der Waals surface area contributed by atoms with Crippen molar-refractivity contribution in [3.63, 3.8) is 0 Å². The van der Waals surface area contributed by atoms with Crippen LogP contribution in [0, 0.1) is 0 Å². The number of hydrogen-bond donors (Lipinski definition) is 1. The van der Waals surface area contributed by atoms with Gasteiger partial charge in [0.2, 0.25) is 5.95 Å². The van der Waals surface area contributed by atoms with E-state index in [9.17, 15) is 0 Å². The van der Waals surface area contributed by atoms with Crippen molar-refractivity contribution in [2.45, 2.75) is 72.6 Å². The first-order valence-electron chi connectivity index (χ1n) is 9.85. The number of anilines is 1. The van der Waals surface area contributed by atoms with Crippen LogP contribution < -0.4 is 5.43 Å². The minimum absolute atomic E-state index is 0.511. The van der Waals surface area contributed by atoms with Gasteiger partial charge in [0.1, 0.15) is 0 Å². The predicted octanol–water partition coefficient (Wildman–Crippen LogP) is 5.73. The van der Waals surface area contributed by atoms with Crippen molar-refractivity contribution in [1.29, 1.82) is 0 Å². The van der Waals surface area contributed by atoms with Gasteiger partial charge in [0, 0.05) is 17.0 Å². The van der Waals surface area contributed by atoms with E-state index in [0.29, 0.717) is 11.9 Å². The molecule has 2 rings (SSSR count). The van der Waals surface area contributed by atoms with Gasteiger partial charge in [-0.2, -0.15) is 5.10 Å². The molecule has 1 heterocycles. The number of nitrogens with one attached hydrogen (secondary N) is 1. The van der Waals surface area contributed by atoms with Crippen LogP contribution in [0.25, 0.3) is 0 Å². The second kappa shape index (κ2) is 10.0. The van der Waals surface area contributed by atoms with E-state index in [0.717, 1.165) is 49.2 Å². The normalized spacial score (nSPS) is 12.9. The monoisotopic (exact) mass is 352 g/mol. The van der Waals surface area contributed by atoms with Crippen molar-refractivity contribution >= 4 is 11.7 Å². The van der Waals surface area contributed by atoms with Crippen molar-refractivity contribution in [3.8, 4) is 0 Å². The summed E-state index contributed by atoms with van der Waals surface area (Å²) in [5.41, 5.74) is 8.75. The van der Waals surface area contributed by atoms with Crippen molar-refractivity contribution in [1.82, 2.24) is 9.97 Å². The maximum atomic E-state index is 4.62. The highest BCUT2D eigenvalue weighted by atomic mass is 15.4. The number of rotatable bonds is 9. The van der Waals surface area contributed by atoms with Crippen LogP contribution in [0.5, 0.6) is 0 Å². The number of hydrazone groups is 1. The molecule has 1 aromatic carbocycles. The third-order valence-corrected chi connectivity index (χ3v) is 4.66. The highest BCUT2D eigenvalue weighted by Crippen LogP contribution is 2.23. The van der Waals surface area contributed by atoms with Gasteiger partial charge < -0.3 is 0 Å². The van der Waals surface area contributed by atoms with Crippen LogP contribution in [-0.4, -0.2) is 15.7 Å². The third kappa shape index (κ3) is 5.38. The van der Waals surface area contributed by atoms with Gasteiger partial charge in [0.25, 0.3) is 0 Å². The number of nitrogens with zero attached hydrogens (tertiary/aromatic N) is 3. The predicted molar refractivity (Wildman–Crippen MR) is 111 cm³/mol. The maximum Gasteiger partial charge on any atom is 0.243 e. The van der Waals surface area contributed by atoms with E-state index in [1.165, 1.54) is 11.1 Å². The molecule has 0 spiro atoms. The molecule has 0 aliphatic carbocycles. The van der Waals surface area contributed by atoms with Gasteiger partial charge >= 0.3 is 0 Å². The summed E-state index contributed by atoms with van der Waals surface area (Å²) in [5.74, 6) is 1.11. The maximum absolute atomic E-state index is 4.62. The van der Waals surface area contributed by atoms with Gasteiger partial charge in [-0.3, -0.25) is 0 Å². The van der Waals surface area contributed by atoms with E-state index in [-0.39, 0.29) is 0 Å². The minimum Gasteiger partial charge on any atom is -0.245 e. The first kappa shape index (κ1) is 20.1. The molecule has 0 saturated heterocycles. The Morgan fingerprint density at radius 2 is 1.65 bits per heavy atom. The van der Waals surface area contributed by atoms with E-state index in [4.69, 9.17) is 0 Å². The summed E-state index contributed by atoms with van der Waals surface area (Å²) < 4.78 is 0. The molecule has 0 aliphatic heterocycles. The summed E-state index contributed by atoms with van der Waals surface area (Å²) in [7, 11) is 0. The molecule has 1 atom stereocenters. The van der Waals surface area contributed by atoms with Crippen molar-refractivity contribution in [3.05, 3.63) is 52.8 Å². The molecule has 0 saturated carbocycles. The molecule has 0 radical (unpaired) electrons. The smallest absolute Gasteiger partial charge is 0.243 e. The van der Waals surface area contributed by atoms with E-state index in [1.54, 1.807) is 0 Å². The van der Waals surface area contributed by atoms with Crippen molar-refractivity contribution < 1.29 is 0 Å².